The molecule has 1 saturated heterocycles. The summed E-state index contributed by atoms with van der Waals surface area (Å²) in [6, 6.07) is 1.42. The maximum Gasteiger partial charge on any atom is 0.264 e. The second-order valence-electron chi connectivity index (χ2n) is 7.64. The Labute approximate surface area is 171 Å². The second kappa shape index (κ2) is 7.92. The largest absolute Gasteiger partial charge is 0.347 e. The van der Waals surface area contributed by atoms with Crippen LogP contribution in [-0.2, 0) is 0 Å². The minimum absolute atomic E-state index is 0.108. The van der Waals surface area contributed by atoms with Crippen molar-refractivity contribution in [2.45, 2.75) is 32.1 Å². The number of pyridine rings is 1. The Balaban J connectivity index is 1.59. The zero-order valence-electron chi connectivity index (χ0n) is 17.0. The third-order valence-corrected chi connectivity index (χ3v) is 5.31. The number of hydrogen-bond acceptors (Lipinski definition) is 7. The highest BCUT2D eigenvalue weighted by Gasteiger charge is 2.29. The van der Waals surface area contributed by atoms with Gasteiger partial charge in [0.1, 0.15) is 0 Å². The minimum Gasteiger partial charge on any atom is -0.347 e. The van der Waals surface area contributed by atoms with Gasteiger partial charge in [0.2, 0.25) is 5.95 Å². The van der Waals surface area contributed by atoms with E-state index < -0.39 is 6.43 Å². The van der Waals surface area contributed by atoms with Gasteiger partial charge >= 0.3 is 0 Å². The first-order chi connectivity index (χ1) is 14.3. The van der Waals surface area contributed by atoms with Gasteiger partial charge in [-0.15, -0.1) is 0 Å². The zero-order chi connectivity index (χ0) is 21.4. The van der Waals surface area contributed by atoms with Crippen LogP contribution in [-0.4, -0.2) is 58.1 Å². The number of rotatable bonds is 4. The van der Waals surface area contributed by atoms with Crippen LogP contribution < -0.4 is 4.90 Å². The zero-order valence-corrected chi connectivity index (χ0v) is 17.0. The molecular formula is C20H22F2N6O2. The van der Waals surface area contributed by atoms with E-state index in [9.17, 15) is 13.6 Å². The van der Waals surface area contributed by atoms with Crippen molar-refractivity contribution >= 4 is 23.0 Å². The fraction of sp³-hybridized carbons (Fsp3) is 0.450. The molecule has 1 fully saturated rings. The SMILES string of the molecule is Cc1noc2nc(C3CCCN(C(=O)c4cnc(N(C)C)nc4)C3)cc(C(F)F)c12. The highest BCUT2D eigenvalue weighted by atomic mass is 19.3. The van der Waals surface area contributed by atoms with Crippen LogP contribution in [0.3, 0.4) is 0 Å². The molecule has 3 aromatic heterocycles. The van der Waals surface area contributed by atoms with Gasteiger partial charge in [0.05, 0.1) is 16.6 Å². The van der Waals surface area contributed by atoms with Crippen molar-refractivity contribution in [3.8, 4) is 0 Å². The number of amides is 1. The number of piperidine rings is 1. The van der Waals surface area contributed by atoms with Gasteiger partial charge in [-0.2, -0.15) is 0 Å². The molecule has 0 spiro atoms. The lowest BCUT2D eigenvalue weighted by Crippen LogP contribution is -2.39. The van der Waals surface area contributed by atoms with Gasteiger partial charge < -0.3 is 14.3 Å². The molecular weight excluding hydrogens is 394 g/mol. The summed E-state index contributed by atoms with van der Waals surface area (Å²) in [5.74, 6) is 0.162. The van der Waals surface area contributed by atoms with Crippen molar-refractivity contribution in [3.63, 3.8) is 0 Å². The molecule has 1 unspecified atom stereocenters. The summed E-state index contributed by atoms with van der Waals surface area (Å²) in [5.41, 5.74) is 1.25. The predicted octanol–water partition coefficient (Wildman–Crippen LogP) is 3.34. The summed E-state index contributed by atoms with van der Waals surface area (Å²) in [6.45, 7) is 2.57. The maximum absolute atomic E-state index is 13.6. The fourth-order valence-corrected chi connectivity index (χ4v) is 3.78. The van der Waals surface area contributed by atoms with E-state index >= 15 is 0 Å². The molecule has 4 rings (SSSR count). The van der Waals surface area contributed by atoms with Crippen LogP contribution in [0.15, 0.2) is 23.0 Å². The Morgan fingerprint density at radius 1 is 1.30 bits per heavy atom. The monoisotopic (exact) mass is 416 g/mol. The van der Waals surface area contributed by atoms with Gasteiger partial charge in [-0.3, -0.25) is 4.79 Å². The summed E-state index contributed by atoms with van der Waals surface area (Å²) < 4.78 is 32.4. The first-order valence-corrected chi connectivity index (χ1v) is 9.68. The van der Waals surface area contributed by atoms with E-state index in [0.717, 1.165) is 12.8 Å². The van der Waals surface area contributed by atoms with Crippen LogP contribution in [0.5, 0.6) is 0 Å². The summed E-state index contributed by atoms with van der Waals surface area (Å²) in [6.07, 6.45) is 1.83. The molecule has 30 heavy (non-hydrogen) atoms. The molecule has 8 nitrogen and oxygen atoms in total. The van der Waals surface area contributed by atoms with Gasteiger partial charge in [0.25, 0.3) is 18.0 Å². The maximum atomic E-state index is 13.6. The number of alkyl halides is 2. The highest BCUT2D eigenvalue weighted by molar-refractivity contribution is 5.93. The van der Waals surface area contributed by atoms with E-state index in [2.05, 4.69) is 20.1 Å². The van der Waals surface area contributed by atoms with Crippen molar-refractivity contribution in [3.05, 3.63) is 41.0 Å². The Bertz CT molecular complexity index is 1070. The molecule has 0 aliphatic carbocycles. The first kappa shape index (κ1) is 20.1. The van der Waals surface area contributed by atoms with Crippen molar-refractivity contribution < 1.29 is 18.1 Å². The van der Waals surface area contributed by atoms with Gasteiger partial charge in [0, 0.05) is 56.8 Å². The molecule has 0 radical (unpaired) electrons. The lowest BCUT2D eigenvalue weighted by molar-refractivity contribution is 0.0704. The number of hydrogen-bond donors (Lipinski definition) is 0. The van der Waals surface area contributed by atoms with E-state index in [-0.39, 0.29) is 28.5 Å². The average Bonchev–Trinajstić information content (AvgIpc) is 3.13. The molecule has 1 atom stereocenters. The van der Waals surface area contributed by atoms with Crippen LogP contribution in [0, 0.1) is 6.92 Å². The van der Waals surface area contributed by atoms with Crippen LogP contribution in [0.25, 0.3) is 11.1 Å². The minimum atomic E-state index is -2.67. The van der Waals surface area contributed by atoms with Crippen molar-refractivity contribution in [1.29, 1.82) is 0 Å². The molecule has 3 aromatic rings. The average molecular weight is 416 g/mol. The molecule has 0 saturated carbocycles. The molecule has 0 N–H and O–H groups in total. The molecule has 158 valence electrons. The normalized spacial score (nSPS) is 17.0. The number of aryl methyl sites for hydroxylation is 1. The summed E-state index contributed by atoms with van der Waals surface area (Å²) in [4.78, 5) is 29.2. The van der Waals surface area contributed by atoms with Crippen LogP contribution in [0.4, 0.5) is 14.7 Å². The van der Waals surface area contributed by atoms with Gasteiger partial charge in [-0.25, -0.2) is 23.7 Å². The van der Waals surface area contributed by atoms with Crippen molar-refractivity contribution in [1.82, 2.24) is 25.0 Å². The molecule has 1 aliphatic rings. The molecule has 1 aliphatic heterocycles. The second-order valence-corrected chi connectivity index (χ2v) is 7.64. The molecule has 10 heteroatoms. The van der Waals surface area contributed by atoms with E-state index in [4.69, 9.17) is 4.52 Å². The lowest BCUT2D eigenvalue weighted by atomic mass is 9.92. The molecule has 4 heterocycles. The Morgan fingerprint density at radius 2 is 2.03 bits per heavy atom. The smallest absolute Gasteiger partial charge is 0.264 e. The number of carbonyl (C=O) groups is 1. The standard InChI is InChI=1S/C20H22F2N6O2/c1-11-16-14(17(21)22)7-15(25-18(16)30-26-11)12-5-4-6-28(10-12)19(29)13-8-23-20(24-9-13)27(2)3/h7-9,12,17H,4-6,10H2,1-3H3. The third-order valence-electron chi connectivity index (χ3n) is 5.31. The summed E-state index contributed by atoms with van der Waals surface area (Å²) in [5, 5.41) is 4.03. The molecule has 0 bridgehead atoms. The van der Waals surface area contributed by atoms with Gasteiger partial charge in [-0.1, -0.05) is 5.16 Å². The van der Waals surface area contributed by atoms with Crippen LogP contribution in [0.2, 0.25) is 0 Å². The van der Waals surface area contributed by atoms with Crippen LogP contribution >= 0.6 is 0 Å². The van der Waals surface area contributed by atoms with Gasteiger partial charge in [-0.05, 0) is 25.8 Å². The van der Waals surface area contributed by atoms with E-state index in [1.54, 1.807) is 16.7 Å². The predicted molar refractivity (Wildman–Crippen MR) is 106 cm³/mol. The van der Waals surface area contributed by atoms with Crippen molar-refractivity contribution in [2.75, 3.05) is 32.1 Å². The number of aromatic nitrogens is 4. The number of halogens is 2. The highest BCUT2D eigenvalue weighted by Crippen LogP contribution is 2.34. The Hall–Kier alpha value is -3.17. The number of carbonyl (C=O) groups excluding carboxylic acids is 1. The quantitative estimate of drug-likeness (QED) is 0.644. The Morgan fingerprint density at radius 3 is 2.70 bits per heavy atom. The van der Waals surface area contributed by atoms with Crippen molar-refractivity contribution in [2.24, 2.45) is 0 Å². The fourth-order valence-electron chi connectivity index (χ4n) is 3.78. The van der Waals surface area contributed by atoms with E-state index in [1.807, 2.05) is 14.1 Å². The number of fused-ring (bicyclic) bond motifs is 1. The third kappa shape index (κ3) is 3.69. The number of likely N-dealkylation sites (tertiary alicyclic amines) is 1. The van der Waals surface area contributed by atoms with Crippen LogP contribution in [0.1, 0.15) is 52.5 Å². The van der Waals surface area contributed by atoms with E-state index in [0.29, 0.717) is 36.0 Å². The molecule has 0 aromatic carbocycles. The summed E-state index contributed by atoms with van der Waals surface area (Å²) in [7, 11) is 3.64. The Kier molecular flexibility index (Phi) is 5.31. The molecule has 1 amide bonds. The van der Waals surface area contributed by atoms with E-state index in [1.165, 1.54) is 18.5 Å². The lowest BCUT2D eigenvalue weighted by Gasteiger charge is -2.32. The summed E-state index contributed by atoms with van der Waals surface area (Å²) >= 11 is 0. The topological polar surface area (TPSA) is 88.2 Å². The number of nitrogens with zero attached hydrogens (tertiary/aromatic N) is 6. The van der Waals surface area contributed by atoms with Gasteiger partial charge in [0.15, 0.2) is 0 Å². The number of anilines is 1. The first-order valence-electron chi connectivity index (χ1n) is 9.68.